The molecule has 1 fully saturated rings. The molecule has 1 aliphatic heterocycles. The topological polar surface area (TPSA) is 102 Å². The summed E-state index contributed by atoms with van der Waals surface area (Å²) in [6.45, 7) is 0.215. The Morgan fingerprint density at radius 2 is 1.68 bits per heavy atom. The number of aryl methyl sites for hydroxylation is 1. The monoisotopic (exact) mass is 311 g/mol. The Balaban J connectivity index is 1.69. The van der Waals surface area contributed by atoms with E-state index in [2.05, 4.69) is 17.4 Å². The van der Waals surface area contributed by atoms with Crippen molar-refractivity contribution in [2.24, 2.45) is 0 Å². The van der Waals surface area contributed by atoms with Crippen molar-refractivity contribution in [3.05, 3.63) is 35.9 Å². The molecule has 0 saturated carbocycles. The lowest BCUT2D eigenvalue weighted by Gasteiger charge is -2.40. The second-order valence-corrected chi connectivity index (χ2v) is 5.65. The highest BCUT2D eigenvalue weighted by atomic mass is 16.6. The van der Waals surface area contributed by atoms with Gasteiger partial charge in [-0.25, -0.2) is 0 Å². The maximum atomic E-state index is 9.88. The number of hydrogen-bond acceptors (Lipinski definition) is 6. The second-order valence-electron chi connectivity index (χ2n) is 5.65. The van der Waals surface area contributed by atoms with Gasteiger partial charge in [0.1, 0.15) is 30.6 Å². The molecule has 1 heterocycles. The van der Waals surface area contributed by atoms with E-state index in [1.165, 1.54) is 5.56 Å². The van der Waals surface area contributed by atoms with Crippen LogP contribution in [-0.2, 0) is 11.2 Å². The average Bonchev–Trinajstić information content (AvgIpc) is 2.55. The molecule has 22 heavy (non-hydrogen) atoms. The SMILES string of the molecule is OC[C@H]1O[C@@H](NCCCCc2ccccc2)[C@H](O)[C@@H](O)[C@@H]1O. The highest BCUT2D eigenvalue weighted by molar-refractivity contribution is 5.14. The van der Waals surface area contributed by atoms with Crippen LogP contribution < -0.4 is 5.32 Å². The van der Waals surface area contributed by atoms with Crippen LogP contribution in [0.5, 0.6) is 0 Å². The molecule has 124 valence electrons. The van der Waals surface area contributed by atoms with Crippen molar-refractivity contribution in [2.75, 3.05) is 13.2 Å². The molecule has 0 spiro atoms. The molecule has 1 aliphatic rings. The lowest BCUT2D eigenvalue weighted by molar-refractivity contribution is -0.236. The maximum absolute atomic E-state index is 9.88. The third kappa shape index (κ3) is 4.49. The first-order chi connectivity index (χ1) is 10.6. The molecular weight excluding hydrogens is 286 g/mol. The zero-order valence-electron chi connectivity index (χ0n) is 12.5. The van der Waals surface area contributed by atoms with Gasteiger partial charge in [-0.2, -0.15) is 0 Å². The maximum Gasteiger partial charge on any atom is 0.137 e. The summed E-state index contributed by atoms with van der Waals surface area (Å²) in [7, 11) is 0. The normalized spacial score (nSPS) is 32.1. The molecule has 1 saturated heterocycles. The molecule has 0 radical (unpaired) electrons. The van der Waals surface area contributed by atoms with Gasteiger partial charge in [0, 0.05) is 0 Å². The van der Waals surface area contributed by atoms with Gasteiger partial charge in [0.05, 0.1) is 6.61 Å². The summed E-state index contributed by atoms with van der Waals surface area (Å²) in [5.41, 5.74) is 1.29. The first kappa shape index (κ1) is 17.3. The van der Waals surface area contributed by atoms with Crippen LogP contribution in [0.4, 0.5) is 0 Å². The summed E-state index contributed by atoms with van der Waals surface area (Å²) in [6.07, 6.45) is -2.63. The van der Waals surface area contributed by atoms with Crippen LogP contribution in [0.3, 0.4) is 0 Å². The van der Waals surface area contributed by atoms with Crippen LogP contribution in [-0.4, -0.2) is 64.2 Å². The van der Waals surface area contributed by atoms with Crippen LogP contribution >= 0.6 is 0 Å². The van der Waals surface area contributed by atoms with E-state index in [-0.39, 0.29) is 0 Å². The van der Waals surface area contributed by atoms with Crippen LogP contribution in [0, 0.1) is 0 Å². The smallest absolute Gasteiger partial charge is 0.137 e. The fraction of sp³-hybridized carbons (Fsp3) is 0.625. The Morgan fingerprint density at radius 1 is 0.955 bits per heavy atom. The number of aliphatic hydroxyl groups is 4. The summed E-state index contributed by atoms with van der Waals surface area (Å²) < 4.78 is 5.37. The van der Waals surface area contributed by atoms with Gasteiger partial charge in [0.15, 0.2) is 0 Å². The van der Waals surface area contributed by atoms with E-state index in [0.29, 0.717) is 6.54 Å². The highest BCUT2D eigenvalue weighted by Crippen LogP contribution is 2.19. The molecule has 5 atom stereocenters. The van der Waals surface area contributed by atoms with Gasteiger partial charge in [-0.05, 0) is 31.4 Å². The van der Waals surface area contributed by atoms with Crippen LogP contribution in [0.25, 0.3) is 0 Å². The van der Waals surface area contributed by atoms with E-state index < -0.39 is 37.3 Å². The molecule has 2 rings (SSSR count). The molecule has 0 bridgehead atoms. The summed E-state index contributed by atoms with van der Waals surface area (Å²) in [5, 5.41) is 41.4. The zero-order chi connectivity index (χ0) is 15.9. The number of nitrogens with one attached hydrogen (secondary N) is 1. The number of aliphatic hydroxyl groups excluding tert-OH is 4. The third-order valence-electron chi connectivity index (χ3n) is 3.97. The minimum Gasteiger partial charge on any atom is -0.394 e. The van der Waals surface area contributed by atoms with Crippen LogP contribution in [0.15, 0.2) is 30.3 Å². The summed E-state index contributed by atoms with van der Waals surface area (Å²) in [4.78, 5) is 0. The minimum atomic E-state index is -1.33. The van der Waals surface area contributed by atoms with Crippen molar-refractivity contribution >= 4 is 0 Å². The quantitative estimate of drug-likeness (QED) is 0.431. The number of unbranched alkanes of at least 4 members (excludes halogenated alkanes) is 1. The van der Waals surface area contributed by atoms with Crippen LogP contribution in [0.1, 0.15) is 18.4 Å². The summed E-state index contributed by atoms with van der Waals surface area (Å²) in [6, 6.07) is 10.2. The standard InChI is InChI=1S/C16H25NO5/c18-10-12-13(19)14(20)15(21)16(22-12)17-9-5-4-8-11-6-2-1-3-7-11/h1-3,6-7,12-21H,4-5,8-10H2/t12-,13-,14+,15-,16-/m1/s1. The Hall–Kier alpha value is -1.02. The lowest BCUT2D eigenvalue weighted by Crippen LogP contribution is -2.62. The Kier molecular flexibility index (Phi) is 6.75. The highest BCUT2D eigenvalue weighted by Gasteiger charge is 2.42. The molecule has 5 N–H and O–H groups in total. The van der Waals surface area contributed by atoms with Crippen molar-refractivity contribution in [1.29, 1.82) is 0 Å². The van der Waals surface area contributed by atoms with Crippen molar-refractivity contribution in [3.63, 3.8) is 0 Å². The molecule has 1 aromatic carbocycles. The van der Waals surface area contributed by atoms with Gasteiger partial charge >= 0.3 is 0 Å². The van der Waals surface area contributed by atoms with Crippen molar-refractivity contribution < 1.29 is 25.2 Å². The molecule has 0 amide bonds. The van der Waals surface area contributed by atoms with Gasteiger partial charge in [-0.3, -0.25) is 5.32 Å². The Bertz CT molecular complexity index is 428. The second kappa shape index (κ2) is 8.57. The van der Waals surface area contributed by atoms with Crippen molar-refractivity contribution in [3.8, 4) is 0 Å². The van der Waals surface area contributed by atoms with Gasteiger partial charge in [0.2, 0.25) is 0 Å². The number of hydrogen-bond donors (Lipinski definition) is 5. The number of benzene rings is 1. The number of ether oxygens (including phenoxy) is 1. The molecular formula is C16H25NO5. The third-order valence-corrected chi connectivity index (χ3v) is 3.97. The first-order valence-electron chi connectivity index (χ1n) is 7.71. The van der Waals surface area contributed by atoms with Gasteiger partial charge in [0.25, 0.3) is 0 Å². The predicted molar refractivity (Wildman–Crippen MR) is 81.1 cm³/mol. The van der Waals surface area contributed by atoms with Gasteiger partial charge < -0.3 is 25.2 Å². The molecule has 0 unspecified atom stereocenters. The fourth-order valence-electron chi connectivity index (χ4n) is 2.61. The number of rotatable bonds is 7. The molecule has 0 aliphatic carbocycles. The van der Waals surface area contributed by atoms with E-state index in [1.807, 2.05) is 18.2 Å². The van der Waals surface area contributed by atoms with E-state index in [0.717, 1.165) is 19.3 Å². The van der Waals surface area contributed by atoms with Gasteiger partial charge in [-0.1, -0.05) is 30.3 Å². The van der Waals surface area contributed by atoms with Gasteiger partial charge in [-0.15, -0.1) is 0 Å². The lowest BCUT2D eigenvalue weighted by atomic mass is 9.98. The predicted octanol–water partition coefficient (Wildman–Crippen LogP) is -0.601. The van der Waals surface area contributed by atoms with E-state index >= 15 is 0 Å². The largest absolute Gasteiger partial charge is 0.394 e. The Labute approximate surface area is 130 Å². The van der Waals surface area contributed by atoms with Crippen molar-refractivity contribution in [1.82, 2.24) is 5.32 Å². The van der Waals surface area contributed by atoms with E-state index in [1.54, 1.807) is 0 Å². The fourth-order valence-corrected chi connectivity index (χ4v) is 2.61. The van der Waals surface area contributed by atoms with Crippen LogP contribution in [0.2, 0.25) is 0 Å². The average molecular weight is 311 g/mol. The molecule has 6 nitrogen and oxygen atoms in total. The van der Waals surface area contributed by atoms with E-state index in [9.17, 15) is 15.3 Å². The zero-order valence-corrected chi connectivity index (χ0v) is 12.5. The molecule has 1 aromatic rings. The Morgan fingerprint density at radius 3 is 2.36 bits per heavy atom. The molecule has 0 aromatic heterocycles. The molecule has 6 heteroatoms. The van der Waals surface area contributed by atoms with Crippen molar-refractivity contribution in [2.45, 2.75) is 49.9 Å². The summed E-state index contributed by atoms with van der Waals surface area (Å²) in [5.74, 6) is 0. The minimum absolute atomic E-state index is 0.406. The summed E-state index contributed by atoms with van der Waals surface area (Å²) >= 11 is 0. The van der Waals surface area contributed by atoms with E-state index in [4.69, 9.17) is 9.84 Å². The first-order valence-corrected chi connectivity index (χ1v) is 7.71.